The lowest BCUT2D eigenvalue weighted by Crippen LogP contribution is -2.37. The number of nitrogens with one attached hydrogen (secondary N) is 2. The van der Waals surface area contributed by atoms with Crippen LogP contribution in [-0.2, 0) is 22.6 Å². The number of anilines is 1. The van der Waals surface area contributed by atoms with E-state index in [2.05, 4.69) is 31.4 Å². The van der Waals surface area contributed by atoms with Crippen LogP contribution in [0.3, 0.4) is 0 Å². The van der Waals surface area contributed by atoms with Crippen molar-refractivity contribution in [3.8, 4) is 17.2 Å². The Hall–Kier alpha value is -2.93. The van der Waals surface area contributed by atoms with Gasteiger partial charge in [0.15, 0.2) is 11.5 Å². The van der Waals surface area contributed by atoms with Crippen LogP contribution in [0.1, 0.15) is 51.2 Å². The Morgan fingerprint density at radius 3 is 2.42 bits per heavy atom. The molecule has 0 heterocycles. The lowest BCUT2D eigenvalue weighted by Gasteiger charge is -2.37. The normalized spacial score (nSPS) is 20.5. The summed E-state index contributed by atoms with van der Waals surface area (Å²) in [6, 6.07) is 10.0. The molecule has 2 aromatic carbocycles. The molecule has 1 fully saturated rings. The number of phenolic OH excluding ortho intramolecular Hbond substituents is 3. The Labute approximate surface area is 195 Å². The van der Waals surface area contributed by atoms with Gasteiger partial charge in [-0.1, -0.05) is 39.3 Å². The van der Waals surface area contributed by atoms with E-state index in [1.807, 2.05) is 24.3 Å². The molecule has 33 heavy (non-hydrogen) atoms. The Balaban J connectivity index is 1.43. The highest BCUT2D eigenvalue weighted by Gasteiger charge is 2.31. The van der Waals surface area contributed by atoms with Gasteiger partial charge in [-0.25, -0.2) is 0 Å². The first-order valence-corrected chi connectivity index (χ1v) is 11.7. The third-order valence-electron chi connectivity index (χ3n) is 6.49. The monoisotopic (exact) mass is 456 g/mol. The van der Waals surface area contributed by atoms with E-state index in [1.54, 1.807) is 0 Å². The molecule has 2 aromatic rings. The van der Waals surface area contributed by atoms with E-state index in [0.29, 0.717) is 29.9 Å². The summed E-state index contributed by atoms with van der Waals surface area (Å²) < 4.78 is 6.02. The van der Waals surface area contributed by atoms with Gasteiger partial charge in [0.1, 0.15) is 12.4 Å². The molecule has 0 saturated heterocycles. The van der Waals surface area contributed by atoms with Crippen LogP contribution in [-0.4, -0.2) is 33.9 Å². The molecule has 1 amide bonds. The van der Waals surface area contributed by atoms with Gasteiger partial charge in [-0.15, -0.1) is 0 Å². The number of hydrogen-bond donors (Lipinski definition) is 5. The number of hydrogen-bond acceptors (Lipinski definition) is 6. The summed E-state index contributed by atoms with van der Waals surface area (Å²) in [6.07, 6.45) is 3.57. The van der Waals surface area contributed by atoms with Gasteiger partial charge in [0, 0.05) is 30.4 Å². The van der Waals surface area contributed by atoms with Crippen molar-refractivity contribution in [1.82, 2.24) is 5.32 Å². The van der Waals surface area contributed by atoms with Gasteiger partial charge >= 0.3 is 0 Å². The molecule has 3 unspecified atom stereocenters. The van der Waals surface area contributed by atoms with Gasteiger partial charge in [0.05, 0.1) is 6.10 Å². The standard InChI is InChI=1S/C26H36N2O5/c1-16(2)21-9-4-17(3)10-25(21)33-15-26(32)28-13-18-5-7-20(8-6-18)27-14-19-11-23(30)24(31)12-22(19)29/h5-8,11-12,16-17,21,25,27,29-31H,4,9-10,13-15H2,1-3H3,(H,28,32). The van der Waals surface area contributed by atoms with Gasteiger partial charge in [0.2, 0.25) is 5.91 Å². The van der Waals surface area contributed by atoms with E-state index >= 15 is 0 Å². The van der Waals surface area contributed by atoms with Crippen molar-refractivity contribution in [2.24, 2.45) is 17.8 Å². The Bertz CT molecular complexity index is 929. The molecule has 0 bridgehead atoms. The maximum atomic E-state index is 12.3. The minimum Gasteiger partial charge on any atom is -0.507 e. The van der Waals surface area contributed by atoms with Gasteiger partial charge in [-0.05, 0) is 54.4 Å². The first kappa shape index (κ1) is 24.7. The summed E-state index contributed by atoms with van der Waals surface area (Å²) in [7, 11) is 0. The summed E-state index contributed by atoms with van der Waals surface area (Å²) in [5.74, 6) is 0.868. The molecule has 7 nitrogen and oxygen atoms in total. The fourth-order valence-electron chi connectivity index (χ4n) is 4.43. The minimum absolute atomic E-state index is 0.0865. The number of phenols is 3. The van der Waals surface area contributed by atoms with E-state index in [0.717, 1.165) is 23.7 Å². The van der Waals surface area contributed by atoms with Crippen LogP contribution in [0.4, 0.5) is 5.69 Å². The van der Waals surface area contributed by atoms with Crippen molar-refractivity contribution in [2.75, 3.05) is 11.9 Å². The number of amides is 1. The highest BCUT2D eigenvalue weighted by molar-refractivity contribution is 5.77. The van der Waals surface area contributed by atoms with Crippen molar-refractivity contribution in [2.45, 2.75) is 59.2 Å². The zero-order chi connectivity index (χ0) is 24.0. The van der Waals surface area contributed by atoms with E-state index in [1.165, 1.54) is 18.9 Å². The molecular formula is C26H36N2O5. The minimum atomic E-state index is -0.360. The van der Waals surface area contributed by atoms with Gasteiger partial charge in [-0.2, -0.15) is 0 Å². The maximum Gasteiger partial charge on any atom is 0.246 e. The molecule has 0 aromatic heterocycles. The molecule has 5 N–H and O–H groups in total. The highest BCUT2D eigenvalue weighted by Crippen LogP contribution is 2.35. The Morgan fingerprint density at radius 2 is 1.73 bits per heavy atom. The van der Waals surface area contributed by atoms with Crippen LogP contribution >= 0.6 is 0 Å². The first-order valence-electron chi connectivity index (χ1n) is 11.7. The van der Waals surface area contributed by atoms with Crippen LogP contribution in [0, 0.1) is 17.8 Å². The average molecular weight is 457 g/mol. The van der Waals surface area contributed by atoms with Crippen molar-refractivity contribution in [3.05, 3.63) is 47.5 Å². The van der Waals surface area contributed by atoms with Crippen molar-refractivity contribution in [3.63, 3.8) is 0 Å². The predicted molar refractivity (Wildman–Crippen MR) is 128 cm³/mol. The SMILES string of the molecule is CC1CCC(C(C)C)C(OCC(=O)NCc2ccc(NCc3cc(O)c(O)cc3O)cc2)C1. The molecule has 7 heteroatoms. The van der Waals surface area contributed by atoms with E-state index in [-0.39, 0.29) is 42.4 Å². The molecule has 3 rings (SSSR count). The number of ether oxygens (including phenoxy) is 1. The molecule has 1 saturated carbocycles. The topological polar surface area (TPSA) is 111 Å². The summed E-state index contributed by atoms with van der Waals surface area (Å²) in [6.45, 7) is 7.50. The second kappa shape index (κ2) is 11.3. The lowest BCUT2D eigenvalue weighted by molar-refractivity contribution is -0.131. The molecule has 3 atom stereocenters. The van der Waals surface area contributed by atoms with Gasteiger partial charge < -0.3 is 30.7 Å². The number of carbonyl (C=O) groups is 1. The molecule has 0 aliphatic heterocycles. The van der Waals surface area contributed by atoms with Crippen molar-refractivity contribution in [1.29, 1.82) is 0 Å². The van der Waals surface area contributed by atoms with Crippen LogP contribution in [0.15, 0.2) is 36.4 Å². The summed E-state index contributed by atoms with van der Waals surface area (Å²) in [5, 5.41) is 35.0. The average Bonchev–Trinajstić information content (AvgIpc) is 2.78. The number of rotatable bonds is 9. The van der Waals surface area contributed by atoms with Crippen LogP contribution < -0.4 is 10.6 Å². The van der Waals surface area contributed by atoms with Crippen molar-refractivity contribution < 1.29 is 24.9 Å². The smallest absolute Gasteiger partial charge is 0.246 e. The summed E-state index contributed by atoms with van der Waals surface area (Å²) in [5.41, 5.74) is 2.26. The quantitative estimate of drug-likeness (QED) is 0.280. The Kier molecular flexibility index (Phi) is 8.44. The fraction of sp³-hybridized carbons (Fsp3) is 0.500. The lowest BCUT2D eigenvalue weighted by atomic mass is 9.75. The zero-order valence-electron chi connectivity index (χ0n) is 19.7. The summed E-state index contributed by atoms with van der Waals surface area (Å²) in [4.78, 5) is 12.3. The highest BCUT2D eigenvalue weighted by atomic mass is 16.5. The predicted octanol–water partition coefficient (Wildman–Crippen LogP) is 4.51. The zero-order valence-corrected chi connectivity index (χ0v) is 19.7. The second-order valence-corrected chi connectivity index (χ2v) is 9.47. The summed E-state index contributed by atoms with van der Waals surface area (Å²) >= 11 is 0. The molecule has 1 aliphatic rings. The number of aromatic hydroxyl groups is 3. The molecule has 0 spiro atoms. The fourth-order valence-corrected chi connectivity index (χ4v) is 4.43. The van der Waals surface area contributed by atoms with Crippen molar-refractivity contribution >= 4 is 11.6 Å². The largest absolute Gasteiger partial charge is 0.507 e. The van der Waals surface area contributed by atoms with E-state index < -0.39 is 0 Å². The molecule has 0 radical (unpaired) electrons. The van der Waals surface area contributed by atoms with E-state index in [9.17, 15) is 20.1 Å². The Morgan fingerprint density at radius 1 is 1.03 bits per heavy atom. The van der Waals surface area contributed by atoms with Gasteiger partial charge in [-0.3, -0.25) is 4.79 Å². The number of carbonyl (C=O) groups excluding carboxylic acids is 1. The number of benzene rings is 2. The molecular weight excluding hydrogens is 420 g/mol. The third kappa shape index (κ3) is 7.02. The van der Waals surface area contributed by atoms with Crippen LogP contribution in [0.5, 0.6) is 17.2 Å². The molecule has 180 valence electrons. The molecule has 1 aliphatic carbocycles. The van der Waals surface area contributed by atoms with Crippen LogP contribution in [0.25, 0.3) is 0 Å². The van der Waals surface area contributed by atoms with E-state index in [4.69, 9.17) is 4.74 Å². The second-order valence-electron chi connectivity index (χ2n) is 9.47. The maximum absolute atomic E-state index is 12.3. The third-order valence-corrected chi connectivity index (χ3v) is 6.49. The first-order chi connectivity index (χ1) is 15.7. The van der Waals surface area contributed by atoms with Crippen LogP contribution in [0.2, 0.25) is 0 Å². The van der Waals surface area contributed by atoms with Gasteiger partial charge in [0.25, 0.3) is 0 Å².